The van der Waals surface area contributed by atoms with Gasteiger partial charge in [-0.25, -0.2) is 9.36 Å². The molecule has 2 aromatic rings. The summed E-state index contributed by atoms with van der Waals surface area (Å²) in [6, 6.07) is 7.20. The summed E-state index contributed by atoms with van der Waals surface area (Å²) in [5.41, 5.74) is 1.10. The minimum atomic E-state index is -0.197. The van der Waals surface area contributed by atoms with Gasteiger partial charge < -0.3 is 9.84 Å². The molecule has 19 heavy (non-hydrogen) atoms. The number of aromatic hydroxyl groups is 1. The molecule has 5 heteroatoms. The predicted molar refractivity (Wildman–Crippen MR) is 71.2 cm³/mol. The minimum Gasteiger partial charge on any atom is -0.495 e. The Labute approximate surface area is 110 Å². The van der Waals surface area contributed by atoms with Crippen molar-refractivity contribution in [3.63, 3.8) is 0 Å². The van der Waals surface area contributed by atoms with E-state index < -0.39 is 0 Å². The quantitative estimate of drug-likeness (QED) is 0.894. The lowest BCUT2D eigenvalue weighted by molar-refractivity contribution is 0.403. The zero-order valence-electron chi connectivity index (χ0n) is 10.8. The molecule has 0 bridgehead atoms. The van der Waals surface area contributed by atoms with Gasteiger partial charge in [-0.2, -0.15) is 0 Å². The highest BCUT2D eigenvalue weighted by atomic mass is 16.5. The number of benzene rings is 1. The number of hydrogen-bond donors (Lipinski definition) is 1. The van der Waals surface area contributed by atoms with Crippen LogP contribution in [-0.4, -0.2) is 21.4 Å². The van der Waals surface area contributed by atoms with Gasteiger partial charge in [-0.3, -0.25) is 4.57 Å². The van der Waals surface area contributed by atoms with Gasteiger partial charge in [-0.1, -0.05) is 12.1 Å². The highest BCUT2D eigenvalue weighted by molar-refractivity contribution is 5.49. The van der Waals surface area contributed by atoms with Gasteiger partial charge in [0.05, 0.1) is 18.5 Å². The molecule has 5 nitrogen and oxygen atoms in total. The number of rotatable bonds is 2. The first-order chi connectivity index (χ1) is 9.24. The molecule has 1 aliphatic heterocycles. The summed E-state index contributed by atoms with van der Waals surface area (Å²) >= 11 is 0. The van der Waals surface area contributed by atoms with E-state index in [1.165, 1.54) is 4.57 Å². The van der Waals surface area contributed by atoms with Gasteiger partial charge in [0.2, 0.25) is 5.88 Å². The van der Waals surface area contributed by atoms with Crippen molar-refractivity contribution in [3.05, 3.63) is 40.4 Å². The lowest BCUT2D eigenvalue weighted by atomic mass is 10.1. The van der Waals surface area contributed by atoms with Gasteiger partial charge in [0.1, 0.15) is 5.75 Å². The molecule has 3 rings (SSSR count). The molecule has 1 aliphatic rings. The smallest absolute Gasteiger partial charge is 0.336 e. The Kier molecular flexibility index (Phi) is 2.81. The molecule has 1 aromatic carbocycles. The summed E-state index contributed by atoms with van der Waals surface area (Å²) in [6.45, 7) is 0.671. The standard InChI is InChI=1S/C14H16N2O3/c1-19-12-8-3-2-6-10(12)16-13(17)11-7-4-5-9-15(11)14(16)18/h2-3,6,8,17H,4-5,7,9H2,1H3. The van der Waals surface area contributed by atoms with Crippen molar-refractivity contribution in [3.8, 4) is 17.3 Å². The monoisotopic (exact) mass is 260 g/mol. The molecule has 0 spiro atoms. The highest BCUT2D eigenvalue weighted by Gasteiger charge is 2.23. The maximum Gasteiger partial charge on any atom is 0.336 e. The van der Waals surface area contributed by atoms with E-state index in [1.54, 1.807) is 23.8 Å². The van der Waals surface area contributed by atoms with E-state index >= 15 is 0 Å². The number of imidazole rings is 1. The van der Waals surface area contributed by atoms with Crippen molar-refractivity contribution in [2.24, 2.45) is 0 Å². The minimum absolute atomic E-state index is 0.0363. The fourth-order valence-electron chi connectivity index (χ4n) is 2.65. The highest BCUT2D eigenvalue weighted by Crippen LogP contribution is 2.29. The third kappa shape index (κ3) is 1.73. The second-order valence-corrected chi connectivity index (χ2v) is 4.67. The van der Waals surface area contributed by atoms with Crippen LogP contribution in [0.3, 0.4) is 0 Å². The Hall–Kier alpha value is -2.17. The summed E-state index contributed by atoms with van der Waals surface area (Å²) in [6.07, 6.45) is 2.72. The third-order valence-corrected chi connectivity index (χ3v) is 3.59. The van der Waals surface area contributed by atoms with Crippen LogP contribution in [0.5, 0.6) is 11.6 Å². The van der Waals surface area contributed by atoms with Crippen molar-refractivity contribution in [1.29, 1.82) is 0 Å². The topological polar surface area (TPSA) is 56.4 Å². The van der Waals surface area contributed by atoms with Crippen LogP contribution in [-0.2, 0) is 13.0 Å². The molecular formula is C14H16N2O3. The van der Waals surface area contributed by atoms with Crippen LogP contribution < -0.4 is 10.4 Å². The number of hydrogen-bond acceptors (Lipinski definition) is 3. The van der Waals surface area contributed by atoms with Crippen molar-refractivity contribution in [1.82, 2.24) is 9.13 Å². The van der Waals surface area contributed by atoms with E-state index in [1.807, 2.05) is 12.1 Å². The van der Waals surface area contributed by atoms with Crippen molar-refractivity contribution in [2.45, 2.75) is 25.8 Å². The molecule has 0 radical (unpaired) electrons. The lowest BCUT2D eigenvalue weighted by Gasteiger charge is -2.11. The fourth-order valence-corrected chi connectivity index (χ4v) is 2.65. The average molecular weight is 260 g/mol. The molecule has 0 saturated heterocycles. The van der Waals surface area contributed by atoms with Gasteiger partial charge in [0.15, 0.2) is 0 Å². The summed E-state index contributed by atoms with van der Waals surface area (Å²) in [5, 5.41) is 10.3. The molecule has 0 aliphatic carbocycles. The van der Waals surface area contributed by atoms with Crippen molar-refractivity contribution >= 4 is 0 Å². The van der Waals surface area contributed by atoms with Gasteiger partial charge in [-0.15, -0.1) is 0 Å². The van der Waals surface area contributed by atoms with Gasteiger partial charge >= 0.3 is 5.69 Å². The molecular weight excluding hydrogens is 244 g/mol. The molecule has 100 valence electrons. The summed E-state index contributed by atoms with van der Waals surface area (Å²) < 4.78 is 8.25. The van der Waals surface area contributed by atoms with E-state index in [0.717, 1.165) is 25.0 Å². The molecule has 0 saturated carbocycles. The zero-order chi connectivity index (χ0) is 13.4. The number of nitrogens with zero attached hydrogens (tertiary/aromatic N) is 2. The Balaban J connectivity index is 2.26. The van der Waals surface area contributed by atoms with E-state index in [-0.39, 0.29) is 11.6 Å². The van der Waals surface area contributed by atoms with E-state index in [0.29, 0.717) is 18.0 Å². The van der Waals surface area contributed by atoms with Gasteiger partial charge in [0.25, 0.3) is 0 Å². The van der Waals surface area contributed by atoms with Crippen LogP contribution in [0, 0.1) is 0 Å². The number of methoxy groups -OCH3 is 1. The lowest BCUT2D eigenvalue weighted by Crippen LogP contribution is -2.26. The third-order valence-electron chi connectivity index (χ3n) is 3.59. The largest absolute Gasteiger partial charge is 0.495 e. The number of fused-ring (bicyclic) bond motifs is 1. The predicted octanol–water partition coefficient (Wildman–Crippen LogP) is 1.69. The van der Waals surface area contributed by atoms with Crippen LogP contribution in [0.25, 0.3) is 5.69 Å². The van der Waals surface area contributed by atoms with Gasteiger partial charge in [-0.05, 0) is 31.4 Å². The molecule has 1 aromatic heterocycles. The summed E-state index contributed by atoms with van der Waals surface area (Å²) in [7, 11) is 1.55. The van der Waals surface area contributed by atoms with E-state index in [9.17, 15) is 9.90 Å². The van der Waals surface area contributed by atoms with Crippen LogP contribution in [0.2, 0.25) is 0 Å². The molecule has 0 amide bonds. The molecule has 0 unspecified atom stereocenters. The Morgan fingerprint density at radius 3 is 2.79 bits per heavy atom. The SMILES string of the molecule is COc1ccccc1-n1c(O)c2n(c1=O)CCCC2. The first kappa shape index (κ1) is 11.9. The number of aromatic nitrogens is 2. The van der Waals surface area contributed by atoms with Crippen LogP contribution in [0.15, 0.2) is 29.1 Å². The maximum atomic E-state index is 12.4. The molecule has 2 heterocycles. The van der Waals surface area contributed by atoms with E-state index in [4.69, 9.17) is 4.74 Å². The van der Waals surface area contributed by atoms with E-state index in [2.05, 4.69) is 0 Å². The van der Waals surface area contributed by atoms with Crippen molar-refractivity contribution in [2.75, 3.05) is 7.11 Å². The second kappa shape index (κ2) is 4.50. The van der Waals surface area contributed by atoms with Crippen molar-refractivity contribution < 1.29 is 9.84 Å². The summed E-state index contributed by atoms with van der Waals surface area (Å²) in [4.78, 5) is 12.4. The Bertz CT molecular complexity index is 670. The average Bonchev–Trinajstić information content (AvgIpc) is 2.71. The Morgan fingerprint density at radius 1 is 1.26 bits per heavy atom. The molecule has 1 N–H and O–H groups in total. The first-order valence-electron chi connectivity index (χ1n) is 6.41. The van der Waals surface area contributed by atoms with Crippen LogP contribution >= 0.6 is 0 Å². The molecule has 0 fully saturated rings. The molecule has 0 atom stereocenters. The zero-order valence-corrected chi connectivity index (χ0v) is 10.8. The maximum absolute atomic E-state index is 12.4. The first-order valence-corrected chi connectivity index (χ1v) is 6.41. The number of para-hydroxylation sites is 2. The summed E-state index contributed by atoms with van der Waals surface area (Å²) in [5.74, 6) is 0.608. The Morgan fingerprint density at radius 2 is 2.05 bits per heavy atom. The second-order valence-electron chi connectivity index (χ2n) is 4.67. The normalized spacial score (nSPS) is 14.2. The fraction of sp³-hybridized carbons (Fsp3) is 0.357. The van der Waals surface area contributed by atoms with Crippen LogP contribution in [0.1, 0.15) is 18.5 Å². The van der Waals surface area contributed by atoms with Crippen LogP contribution in [0.4, 0.5) is 0 Å². The number of ether oxygens (including phenoxy) is 1. The van der Waals surface area contributed by atoms with Gasteiger partial charge in [0, 0.05) is 6.54 Å².